The number of carbonyl (C=O) groups excluding carboxylic acids is 2. The van der Waals surface area contributed by atoms with E-state index in [0.717, 1.165) is 11.3 Å². The Bertz CT molecular complexity index is 1200. The minimum absolute atomic E-state index is 0.0425. The maximum absolute atomic E-state index is 13.2. The number of carbonyl (C=O) groups is 2. The number of anilines is 1. The van der Waals surface area contributed by atoms with Gasteiger partial charge in [0.05, 0.1) is 25.4 Å². The first-order valence-corrected chi connectivity index (χ1v) is 12.3. The van der Waals surface area contributed by atoms with Crippen molar-refractivity contribution in [2.75, 3.05) is 30.5 Å². The van der Waals surface area contributed by atoms with Crippen LogP contribution in [0.4, 0.5) is 5.13 Å². The van der Waals surface area contributed by atoms with E-state index in [1.54, 1.807) is 61.5 Å². The third-order valence-electron chi connectivity index (χ3n) is 4.46. The van der Waals surface area contributed by atoms with Gasteiger partial charge in [-0.3, -0.25) is 14.1 Å². The fourth-order valence-electron chi connectivity index (χ4n) is 2.97. The number of esters is 1. The standard InChI is InChI=1S/C22H23N3O6S2/c1-2-31-18(26)15-23-13-14-25(33(28,29)30)22-24-19(16-9-5-3-6-10-16)21(32-22)20(27)17-11-7-4-8-12-17/h3-12,23H,2,13-15H2,1H3,(H,28,29,30). The molecule has 2 aromatic carbocycles. The lowest BCUT2D eigenvalue weighted by molar-refractivity contribution is -0.141. The molecule has 0 bridgehead atoms. The summed E-state index contributed by atoms with van der Waals surface area (Å²) >= 11 is 0.871. The molecule has 0 radical (unpaired) electrons. The van der Waals surface area contributed by atoms with Gasteiger partial charge in [-0.25, -0.2) is 9.29 Å². The number of thiazole rings is 1. The normalized spacial score (nSPS) is 11.2. The molecule has 9 nitrogen and oxygen atoms in total. The lowest BCUT2D eigenvalue weighted by atomic mass is 10.1. The van der Waals surface area contributed by atoms with Crippen LogP contribution in [0.1, 0.15) is 22.2 Å². The van der Waals surface area contributed by atoms with E-state index in [4.69, 9.17) is 4.74 Å². The van der Waals surface area contributed by atoms with Crippen LogP contribution in [0.5, 0.6) is 0 Å². The molecule has 0 spiro atoms. The Hall–Kier alpha value is -3.12. The van der Waals surface area contributed by atoms with Crippen molar-refractivity contribution in [3.8, 4) is 11.3 Å². The van der Waals surface area contributed by atoms with E-state index in [1.807, 2.05) is 6.07 Å². The average Bonchev–Trinajstić information content (AvgIpc) is 3.23. The maximum Gasteiger partial charge on any atom is 0.361 e. The van der Waals surface area contributed by atoms with Crippen LogP contribution in [0.3, 0.4) is 0 Å². The highest BCUT2D eigenvalue weighted by atomic mass is 32.2. The molecule has 3 aromatic rings. The number of ketones is 1. The van der Waals surface area contributed by atoms with Crippen LogP contribution in [0, 0.1) is 0 Å². The monoisotopic (exact) mass is 489 g/mol. The fourth-order valence-corrected chi connectivity index (χ4v) is 4.91. The third kappa shape index (κ3) is 6.45. The molecule has 1 aromatic heterocycles. The highest BCUT2D eigenvalue weighted by Crippen LogP contribution is 2.35. The van der Waals surface area contributed by atoms with Crippen LogP contribution in [0.25, 0.3) is 11.3 Å². The van der Waals surface area contributed by atoms with Crippen LogP contribution in [-0.2, 0) is 19.8 Å². The Morgan fingerprint density at radius 2 is 1.73 bits per heavy atom. The summed E-state index contributed by atoms with van der Waals surface area (Å²) in [4.78, 5) is 29.3. The first-order valence-electron chi connectivity index (χ1n) is 10.1. The molecule has 0 amide bonds. The lowest BCUT2D eigenvalue weighted by Gasteiger charge is -2.17. The number of benzene rings is 2. The number of nitrogens with one attached hydrogen (secondary N) is 1. The molecule has 0 atom stereocenters. The van der Waals surface area contributed by atoms with Crippen molar-refractivity contribution in [3.63, 3.8) is 0 Å². The molecule has 0 aliphatic carbocycles. The number of rotatable bonds is 11. The average molecular weight is 490 g/mol. The van der Waals surface area contributed by atoms with E-state index < -0.39 is 16.3 Å². The van der Waals surface area contributed by atoms with Gasteiger partial charge in [0.2, 0.25) is 10.9 Å². The molecule has 0 unspecified atom stereocenters. The van der Waals surface area contributed by atoms with Crippen molar-refractivity contribution in [3.05, 3.63) is 71.1 Å². The molecule has 0 saturated heterocycles. The van der Waals surface area contributed by atoms with Gasteiger partial charge in [-0.15, -0.1) is 0 Å². The molecular weight excluding hydrogens is 466 g/mol. The molecule has 0 fully saturated rings. The molecule has 174 valence electrons. The van der Waals surface area contributed by atoms with E-state index in [1.165, 1.54) is 0 Å². The highest BCUT2D eigenvalue weighted by molar-refractivity contribution is 7.87. The summed E-state index contributed by atoms with van der Waals surface area (Å²) in [7, 11) is -4.69. The summed E-state index contributed by atoms with van der Waals surface area (Å²) in [5.41, 5.74) is 1.38. The number of hydrogen-bond donors (Lipinski definition) is 2. The van der Waals surface area contributed by atoms with Crippen molar-refractivity contribution in [1.29, 1.82) is 0 Å². The molecule has 33 heavy (non-hydrogen) atoms. The van der Waals surface area contributed by atoms with Crippen LogP contribution in [-0.4, -0.2) is 55.9 Å². The van der Waals surface area contributed by atoms with Crippen molar-refractivity contribution >= 4 is 38.5 Å². The first-order chi connectivity index (χ1) is 15.8. The zero-order valence-corrected chi connectivity index (χ0v) is 19.4. The quantitative estimate of drug-likeness (QED) is 0.182. The number of nitrogens with zero attached hydrogens (tertiary/aromatic N) is 2. The molecule has 0 aliphatic heterocycles. The van der Waals surface area contributed by atoms with Crippen molar-refractivity contribution in [1.82, 2.24) is 10.3 Å². The Morgan fingerprint density at radius 1 is 1.09 bits per heavy atom. The van der Waals surface area contributed by atoms with Crippen molar-refractivity contribution < 1.29 is 27.3 Å². The van der Waals surface area contributed by atoms with Gasteiger partial charge >= 0.3 is 16.3 Å². The van der Waals surface area contributed by atoms with Crippen LogP contribution in [0.15, 0.2) is 60.7 Å². The number of hydrogen-bond acceptors (Lipinski definition) is 8. The van der Waals surface area contributed by atoms with E-state index >= 15 is 0 Å². The van der Waals surface area contributed by atoms with Gasteiger partial charge in [0.25, 0.3) is 0 Å². The van der Waals surface area contributed by atoms with E-state index in [0.29, 0.717) is 21.1 Å². The van der Waals surface area contributed by atoms with Crippen LogP contribution >= 0.6 is 11.3 Å². The molecule has 11 heteroatoms. The highest BCUT2D eigenvalue weighted by Gasteiger charge is 2.28. The second-order valence-electron chi connectivity index (χ2n) is 6.77. The second-order valence-corrected chi connectivity index (χ2v) is 9.08. The van der Waals surface area contributed by atoms with Gasteiger partial charge in [-0.2, -0.15) is 8.42 Å². The Morgan fingerprint density at radius 3 is 2.33 bits per heavy atom. The minimum atomic E-state index is -4.69. The molecule has 3 rings (SSSR count). The molecule has 0 saturated carbocycles. The van der Waals surface area contributed by atoms with Crippen molar-refractivity contribution in [2.24, 2.45) is 0 Å². The number of aromatic nitrogens is 1. The Labute approximate surface area is 195 Å². The van der Waals surface area contributed by atoms with Crippen molar-refractivity contribution in [2.45, 2.75) is 6.92 Å². The zero-order valence-electron chi connectivity index (χ0n) is 17.8. The summed E-state index contributed by atoms with van der Waals surface area (Å²) < 4.78 is 39.5. The Balaban J connectivity index is 1.93. The summed E-state index contributed by atoms with van der Waals surface area (Å²) in [6.07, 6.45) is 0. The van der Waals surface area contributed by atoms with Crippen LogP contribution < -0.4 is 9.62 Å². The first kappa shape index (κ1) is 24.5. The topological polar surface area (TPSA) is 126 Å². The lowest BCUT2D eigenvalue weighted by Crippen LogP contribution is -2.38. The third-order valence-corrected chi connectivity index (χ3v) is 6.57. The maximum atomic E-state index is 13.2. The molecular formula is C22H23N3O6S2. The number of ether oxygens (including phenoxy) is 1. The molecule has 0 aliphatic rings. The van der Waals surface area contributed by atoms with Crippen LogP contribution in [0.2, 0.25) is 0 Å². The van der Waals surface area contributed by atoms with E-state index in [2.05, 4.69) is 10.3 Å². The summed E-state index contributed by atoms with van der Waals surface area (Å²) in [6, 6.07) is 17.5. The molecule has 1 heterocycles. The summed E-state index contributed by atoms with van der Waals surface area (Å²) in [5.74, 6) is -0.791. The predicted octanol–water partition coefficient (Wildman–Crippen LogP) is 2.80. The van der Waals surface area contributed by atoms with Gasteiger partial charge in [0.15, 0.2) is 0 Å². The van der Waals surface area contributed by atoms with E-state index in [-0.39, 0.29) is 42.0 Å². The van der Waals surface area contributed by atoms with Gasteiger partial charge in [-0.05, 0) is 6.92 Å². The largest absolute Gasteiger partial charge is 0.465 e. The van der Waals surface area contributed by atoms with Gasteiger partial charge in [-0.1, -0.05) is 72.0 Å². The minimum Gasteiger partial charge on any atom is -0.465 e. The molecule has 2 N–H and O–H groups in total. The zero-order chi connectivity index (χ0) is 23.8. The van der Waals surface area contributed by atoms with Gasteiger partial charge in [0, 0.05) is 17.7 Å². The summed E-state index contributed by atoms with van der Waals surface area (Å²) in [5, 5.41) is 2.70. The second kappa shape index (κ2) is 11.1. The summed E-state index contributed by atoms with van der Waals surface area (Å²) in [6.45, 7) is 1.63. The SMILES string of the molecule is CCOC(=O)CNCCN(c1nc(-c2ccccc2)c(C(=O)c2ccccc2)s1)S(=O)(=O)O. The van der Waals surface area contributed by atoms with E-state index in [9.17, 15) is 22.6 Å². The fraction of sp³-hybridized carbons (Fsp3) is 0.227. The smallest absolute Gasteiger partial charge is 0.361 e. The van der Waals surface area contributed by atoms with Gasteiger partial charge in [0.1, 0.15) is 4.88 Å². The van der Waals surface area contributed by atoms with Gasteiger partial charge < -0.3 is 10.1 Å². The Kier molecular flexibility index (Phi) is 8.28. The predicted molar refractivity (Wildman–Crippen MR) is 126 cm³/mol.